The van der Waals surface area contributed by atoms with E-state index >= 15 is 0 Å². The second kappa shape index (κ2) is 8.07. The van der Waals surface area contributed by atoms with Crippen molar-refractivity contribution >= 4 is 22.4 Å². The van der Waals surface area contributed by atoms with Crippen LogP contribution in [0.3, 0.4) is 0 Å². The molecule has 1 aliphatic carbocycles. The van der Waals surface area contributed by atoms with E-state index in [2.05, 4.69) is 55.3 Å². The maximum Gasteiger partial charge on any atom is 0.229 e. The summed E-state index contributed by atoms with van der Waals surface area (Å²) in [4.78, 5) is 22.6. The normalized spacial score (nSPS) is 14.9. The number of hydrogen-bond donors (Lipinski definition) is 1. The maximum absolute atomic E-state index is 12.6. The van der Waals surface area contributed by atoms with Crippen molar-refractivity contribution in [3.05, 3.63) is 54.4 Å². The lowest BCUT2D eigenvalue weighted by Gasteiger charge is -2.19. The highest BCUT2D eigenvalue weighted by Gasteiger charge is 2.24. The van der Waals surface area contributed by atoms with Gasteiger partial charge in [-0.15, -0.1) is 0 Å². The molecule has 0 bridgehead atoms. The minimum Gasteiger partial charge on any atom is -0.302 e. The zero-order valence-corrected chi connectivity index (χ0v) is 18.1. The number of nitrogens with one attached hydrogen (secondary N) is 1. The first kappa shape index (κ1) is 19.8. The molecule has 4 nitrogen and oxygen atoms in total. The molecule has 1 fully saturated rings. The third-order valence-electron chi connectivity index (χ3n) is 5.55. The Kier molecular flexibility index (Phi) is 5.50. The molecule has 0 radical (unpaired) electrons. The van der Waals surface area contributed by atoms with Crippen LogP contribution < -0.4 is 5.32 Å². The summed E-state index contributed by atoms with van der Waals surface area (Å²) in [5.74, 6) is 0.227. The molecule has 4 rings (SSSR count). The van der Waals surface area contributed by atoms with Crippen molar-refractivity contribution in [2.24, 2.45) is 5.92 Å². The highest BCUT2D eigenvalue weighted by atomic mass is 32.1. The standard InChI is InChI=1S/C24H27N3OS/c1-24(2,3)19-10-8-16(9-11-19)20-21(17-12-14-25-15-13-17)29-23(26-20)27-22(28)18-6-4-5-7-18/h8-15,18H,4-7H2,1-3H3,(H,26,27,28). The third-order valence-corrected chi connectivity index (χ3v) is 6.57. The van der Waals surface area contributed by atoms with Crippen LogP contribution in [0, 0.1) is 5.92 Å². The lowest BCUT2D eigenvalue weighted by atomic mass is 9.86. The van der Waals surface area contributed by atoms with Gasteiger partial charge >= 0.3 is 0 Å². The van der Waals surface area contributed by atoms with Crippen molar-refractivity contribution in [1.82, 2.24) is 9.97 Å². The Hall–Kier alpha value is -2.53. The van der Waals surface area contributed by atoms with Crippen LogP contribution in [0.2, 0.25) is 0 Å². The van der Waals surface area contributed by atoms with Gasteiger partial charge in [0.1, 0.15) is 0 Å². The van der Waals surface area contributed by atoms with Gasteiger partial charge in [-0.1, -0.05) is 69.2 Å². The summed E-state index contributed by atoms with van der Waals surface area (Å²) < 4.78 is 0. The van der Waals surface area contributed by atoms with Gasteiger partial charge in [0.2, 0.25) is 5.91 Å². The van der Waals surface area contributed by atoms with E-state index in [1.165, 1.54) is 16.9 Å². The summed E-state index contributed by atoms with van der Waals surface area (Å²) >= 11 is 1.53. The Morgan fingerprint density at radius 3 is 2.28 bits per heavy atom. The van der Waals surface area contributed by atoms with Crippen molar-refractivity contribution in [2.45, 2.75) is 51.9 Å². The minimum absolute atomic E-state index is 0.104. The number of pyridine rings is 1. The second-order valence-electron chi connectivity index (χ2n) is 8.73. The zero-order chi connectivity index (χ0) is 20.4. The smallest absolute Gasteiger partial charge is 0.229 e. The quantitative estimate of drug-likeness (QED) is 0.554. The van der Waals surface area contributed by atoms with Gasteiger partial charge in [0.05, 0.1) is 10.6 Å². The van der Waals surface area contributed by atoms with Gasteiger partial charge in [0, 0.05) is 23.9 Å². The van der Waals surface area contributed by atoms with E-state index in [-0.39, 0.29) is 17.2 Å². The van der Waals surface area contributed by atoms with Gasteiger partial charge in [-0.05, 0) is 41.5 Å². The molecular formula is C24H27N3OS. The van der Waals surface area contributed by atoms with E-state index in [1.807, 2.05) is 12.1 Å². The lowest BCUT2D eigenvalue weighted by molar-refractivity contribution is -0.119. The monoisotopic (exact) mass is 405 g/mol. The van der Waals surface area contributed by atoms with Crippen molar-refractivity contribution in [3.8, 4) is 21.7 Å². The van der Waals surface area contributed by atoms with Crippen LogP contribution in [0.1, 0.15) is 52.0 Å². The number of aromatic nitrogens is 2. The second-order valence-corrected chi connectivity index (χ2v) is 9.73. The van der Waals surface area contributed by atoms with Crippen LogP contribution in [0.15, 0.2) is 48.8 Å². The van der Waals surface area contributed by atoms with Crippen LogP contribution in [-0.4, -0.2) is 15.9 Å². The topological polar surface area (TPSA) is 54.9 Å². The summed E-state index contributed by atoms with van der Waals surface area (Å²) in [5, 5.41) is 3.74. The minimum atomic E-state index is 0.104. The molecule has 2 aromatic heterocycles. The molecule has 2 heterocycles. The zero-order valence-electron chi connectivity index (χ0n) is 17.2. The number of nitrogens with zero attached hydrogens (tertiary/aromatic N) is 2. The molecular weight excluding hydrogens is 378 g/mol. The van der Waals surface area contributed by atoms with Gasteiger partial charge in [-0.2, -0.15) is 0 Å². The molecule has 1 saturated carbocycles. The first-order valence-corrected chi connectivity index (χ1v) is 11.1. The molecule has 5 heteroatoms. The number of amides is 1. The molecule has 1 aromatic carbocycles. The number of carbonyl (C=O) groups is 1. The number of rotatable bonds is 4. The van der Waals surface area contributed by atoms with E-state index < -0.39 is 0 Å². The maximum atomic E-state index is 12.6. The predicted octanol–water partition coefficient (Wildman–Crippen LogP) is 6.30. The summed E-state index contributed by atoms with van der Waals surface area (Å²) in [6.07, 6.45) is 7.83. The van der Waals surface area contributed by atoms with E-state index in [0.29, 0.717) is 5.13 Å². The largest absolute Gasteiger partial charge is 0.302 e. The first-order chi connectivity index (χ1) is 13.9. The van der Waals surface area contributed by atoms with Crippen molar-refractivity contribution in [2.75, 3.05) is 5.32 Å². The summed E-state index contributed by atoms with van der Waals surface area (Å²) in [7, 11) is 0. The Morgan fingerprint density at radius 1 is 1.00 bits per heavy atom. The van der Waals surface area contributed by atoms with Crippen molar-refractivity contribution in [1.29, 1.82) is 0 Å². The van der Waals surface area contributed by atoms with Crippen LogP contribution >= 0.6 is 11.3 Å². The van der Waals surface area contributed by atoms with E-state index in [4.69, 9.17) is 4.98 Å². The lowest BCUT2D eigenvalue weighted by Crippen LogP contribution is -2.20. The Bertz CT molecular complexity index is 981. The average Bonchev–Trinajstić information content (AvgIpc) is 3.38. The van der Waals surface area contributed by atoms with Gasteiger partial charge in [0.25, 0.3) is 0 Å². The summed E-state index contributed by atoms with van der Waals surface area (Å²) in [6, 6.07) is 12.6. The van der Waals surface area contributed by atoms with Crippen LogP contribution in [0.4, 0.5) is 5.13 Å². The molecule has 3 aromatic rings. The number of anilines is 1. The molecule has 0 unspecified atom stereocenters. The van der Waals surface area contributed by atoms with E-state index in [1.54, 1.807) is 12.4 Å². The molecule has 29 heavy (non-hydrogen) atoms. The number of benzene rings is 1. The van der Waals surface area contributed by atoms with Crippen LogP contribution in [0.25, 0.3) is 21.7 Å². The molecule has 150 valence electrons. The molecule has 1 amide bonds. The Morgan fingerprint density at radius 2 is 1.66 bits per heavy atom. The SMILES string of the molecule is CC(C)(C)c1ccc(-c2nc(NC(=O)C3CCCC3)sc2-c2ccncc2)cc1. The fourth-order valence-electron chi connectivity index (χ4n) is 3.79. The molecule has 0 saturated heterocycles. The fourth-order valence-corrected chi connectivity index (χ4v) is 4.79. The highest BCUT2D eigenvalue weighted by Crippen LogP contribution is 2.40. The van der Waals surface area contributed by atoms with Gasteiger partial charge in [-0.25, -0.2) is 4.98 Å². The third kappa shape index (κ3) is 4.40. The molecule has 1 N–H and O–H groups in total. The number of thiazole rings is 1. The predicted molar refractivity (Wildman–Crippen MR) is 120 cm³/mol. The van der Waals surface area contributed by atoms with E-state index in [9.17, 15) is 4.79 Å². The Balaban J connectivity index is 1.69. The Labute approximate surface area is 176 Å². The van der Waals surface area contributed by atoms with Gasteiger partial charge in [-0.3, -0.25) is 9.78 Å². The molecule has 0 spiro atoms. The van der Waals surface area contributed by atoms with Crippen LogP contribution in [0.5, 0.6) is 0 Å². The van der Waals surface area contributed by atoms with Gasteiger partial charge in [0.15, 0.2) is 5.13 Å². The van der Waals surface area contributed by atoms with Gasteiger partial charge < -0.3 is 5.32 Å². The number of hydrogen-bond acceptors (Lipinski definition) is 4. The first-order valence-electron chi connectivity index (χ1n) is 10.2. The fraction of sp³-hybridized carbons (Fsp3) is 0.375. The van der Waals surface area contributed by atoms with Crippen molar-refractivity contribution in [3.63, 3.8) is 0 Å². The summed E-state index contributed by atoms with van der Waals surface area (Å²) in [6.45, 7) is 6.64. The number of carbonyl (C=O) groups excluding carboxylic acids is 1. The molecule has 0 atom stereocenters. The van der Waals surface area contributed by atoms with Crippen molar-refractivity contribution < 1.29 is 4.79 Å². The molecule has 1 aliphatic rings. The molecule has 0 aliphatic heterocycles. The van der Waals surface area contributed by atoms with Crippen LogP contribution in [-0.2, 0) is 10.2 Å². The van der Waals surface area contributed by atoms with E-state index in [0.717, 1.165) is 47.4 Å². The highest BCUT2D eigenvalue weighted by molar-refractivity contribution is 7.19. The summed E-state index contributed by atoms with van der Waals surface area (Å²) in [5.41, 5.74) is 4.42. The average molecular weight is 406 g/mol.